The number of hydrogen-bond donors (Lipinski definition) is 1. The number of halogens is 1. The quantitative estimate of drug-likeness (QED) is 0.927. The second kappa shape index (κ2) is 6.64. The fourth-order valence-corrected chi connectivity index (χ4v) is 3.06. The third kappa shape index (κ3) is 3.31. The number of pyridine rings is 1. The van der Waals surface area contributed by atoms with Crippen LogP contribution in [0.3, 0.4) is 0 Å². The highest BCUT2D eigenvalue weighted by molar-refractivity contribution is 9.10. The minimum absolute atomic E-state index is 0.488. The fourth-order valence-electron chi connectivity index (χ4n) is 2.67. The van der Waals surface area contributed by atoms with Crippen molar-refractivity contribution in [1.82, 2.24) is 15.2 Å². The molecule has 2 atom stereocenters. The van der Waals surface area contributed by atoms with Crippen molar-refractivity contribution in [2.24, 2.45) is 5.92 Å². The van der Waals surface area contributed by atoms with Crippen LogP contribution >= 0.6 is 15.9 Å². The minimum Gasteiger partial charge on any atom is -0.314 e. The summed E-state index contributed by atoms with van der Waals surface area (Å²) in [5.74, 6) is 0.652. The van der Waals surface area contributed by atoms with E-state index in [0.29, 0.717) is 12.0 Å². The van der Waals surface area contributed by atoms with Crippen LogP contribution in [0.4, 0.5) is 0 Å². The predicted molar refractivity (Wildman–Crippen MR) is 78.6 cm³/mol. The van der Waals surface area contributed by atoms with Crippen molar-refractivity contribution in [3.05, 3.63) is 28.5 Å². The van der Waals surface area contributed by atoms with Crippen molar-refractivity contribution in [3.8, 4) is 0 Å². The number of hydrogen-bond acceptors (Lipinski definition) is 3. The molecular formula is C14H22BrN3. The standard InChI is InChI=1S/C14H22BrN3/c1-3-11(2)14(18-6-4-16-5-7-18)12-8-13(15)10-17-9-12/h8-11,14,16H,3-7H2,1-2H3/t11?,14-/m0/s1. The second-order valence-electron chi connectivity index (χ2n) is 5.05. The van der Waals surface area contributed by atoms with Crippen molar-refractivity contribution < 1.29 is 0 Å². The van der Waals surface area contributed by atoms with Gasteiger partial charge in [-0.1, -0.05) is 20.3 Å². The maximum atomic E-state index is 4.33. The summed E-state index contributed by atoms with van der Waals surface area (Å²) in [4.78, 5) is 6.92. The Balaban J connectivity index is 2.23. The van der Waals surface area contributed by atoms with Gasteiger partial charge in [-0.05, 0) is 33.5 Å². The molecule has 0 aliphatic carbocycles. The summed E-state index contributed by atoms with van der Waals surface area (Å²) in [6, 6.07) is 2.70. The maximum Gasteiger partial charge on any atom is 0.0410 e. The van der Waals surface area contributed by atoms with Crippen LogP contribution in [0.5, 0.6) is 0 Å². The molecule has 18 heavy (non-hydrogen) atoms. The van der Waals surface area contributed by atoms with E-state index >= 15 is 0 Å². The number of nitrogens with one attached hydrogen (secondary N) is 1. The highest BCUT2D eigenvalue weighted by Crippen LogP contribution is 2.31. The van der Waals surface area contributed by atoms with Crippen molar-refractivity contribution in [3.63, 3.8) is 0 Å². The van der Waals surface area contributed by atoms with Crippen LogP contribution in [0.15, 0.2) is 22.9 Å². The Hall–Kier alpha value is -0.450. The highest BCUT2D eigenvalue weighted by Gasteiger charge is 2.26. The molecule has 0 amide bonds. The summed E-state index contributed by atoms with van der Waals surface area (Å²) in [6.07, 6.45) is 5.07. The molecule has 1 N–H and O–H groups in total. The molecule has 0 saturated carbocycles. The molecule has 2 heterocycles. The van der Waals surface area contributed by atoms with Crippen LogP contribution < -0.4 is 5.32 Å². The lowest BCUT2D eigenvalue weighted by atomic mass is 9.91. The van der Waals surface area contributed by atoms with Gasteiger partial charge in [-0.15, -0.1) is 0 Å². The van der Waals surface area contributed by atoms with Crippen molar-refractivity contribution >= 4 is 15.9 Å². The van der Waals surface area contributed by atoms with Gasteiger partial charge in [0.15, 0.2) is 0 Å². The van der Waals surface area contributed by atoms with Crippen LogP contribution in [0, 0.1) is 5.92 Å². The largest absolute Gasteiger partial charge is 0.314 e. The second-order valence-corrected chi connectivity index (χ2v) is 5.97. The first kappa shape index (κ1) is 14.0. The summed E-state index contributed by atoms with van der Waals surface area (Å²) in [6.45, 7) is 9.05. The van der Waals surface area contributed by atoms with Gasteiger partial charge in [0, 0.05) is 49.1 Å². The SMILES string of the molecule is CCC(C)[C@@H](c1cncc(Br)c1)N1CCNCC1. The molecule has 0 bridgehead atoms. The zero-order valence-electron chi connectivity index (χ0n) is 11.2. The summed E-state index contributed by atoms with van der Waals surface area (Å²) in [7, 11) is 0. The van der Waals surface area contributed by atoms with E-state index < -0.39 is 0 Å². The lowest BCUT2D eigenvalue weighted by Gasteiger charge is -2.38. The van der Waals surface area contributed by atoms with E-state index in [1.807, 2.05) is 12.4 Å². The van der Waals surface area contributed by atoms with E-state index in [1.165, 1.54) is 12.0 Å². The number of aromatic nitrogens is 1. The van der Waals surface area contributed by atoms with Crippen LogP contribution in [0.2, 0.25) is 0 Å². The van der Waals surface area contributed by atoms with Crippen LogP contribution in [0.1, 0.15) is 31.9 Å². The molecule has 1 unspecified atom stereocenters. The minimum atomic E-state index is 0.488. The van der Waals surface area contributed by atoms with Crippen LogP contribution in [-0.2, 0) is 0 Å². The first-order valence-electron chi connectivity index (χ1n) is 6.77. The maximum absolute atomic E-state index is 4.33. The molecule has 2 rings (SSSR count). The molecule has 0 aromatic carbocycles. The Kier molecular flexibility index (Phi) is 5.15. The summed E-state index contributed by atoms with van der Waals surface area (Å²) in [5.41, 5.74) is 1.33. The van der Waals surface area contributed by atoms with Gasteiger partial charge in [0.2, 0.25) is 0 Å². The van der Waals surface area contributed by atoms with E-state index in [2.05, 4.69) is 51.0 Å². The Morgan fingerprint density at radius 3 is 2.72 bits per heavy atom. The lowest BCUT2D eigenvalue weighted by molar-refractivity contribution is 0.128. The molecule has 0 spiro atoms. The highest BCUT2D eigenvalue weighted by atomic mass is 79.9. The van der Waals surface area contributed by atoms with Gasteiger partial charge in [0.25, 0.3) is 0 Å². The third-order valence-electron chi connectivity index (χ3n) is 3.80. The van der Waals surface area contributed by atoms with Gasteiger partial charge >= 0.3 is 0 Å². The van der Waals surface area contributed by atoms with Gasteiger partial charge in [-0.25, -0.2) is 0 Å². The average molecular weight is 312 g/mol. The summed E-state index contributed by atoms with van der Waals surface area (Å²) < 4.78 is 1.07. The molecule has 1 fully saturated rings. The molecule has 1 saturated heterocycles. The van der Waals surface area contributed by atoms with Crippen LogP contribution in [0.25, 0.3) is 0 Å². The Morgan fingerprint density at radius 1 is 1.39 bits per heavy atom. The van der Waals surface area contributed by atoms with E-state index in [0.717, 1.165) is 30.7 Å². The molecule has 1 aliphatic rings. The first-order chi connectivity index (χ1) is 8.72. The van der Waals surface area contributed by atoms with Gasteiger partial charge in [0.1, 0.15) is 0 Å². The molecule has 4 heteroatoms. The zero-order valence-corrected chi connectivity index (χ0v) is 12.8. The number of piperazine rings is 1. The van der Waals surface area contributed by atoms with Crippen molar-refractivity contribution in [2.45, 2.75) is 26.3 Å². The predicted octanol–water partition coefficient (Wildman–Crippen LogP) is 2.84. The summed E-state index contributed by atoms with van der Waals surface area (Å²) in [5, 5.41) is 3.42. The number of nitrogens with zero attached hydrogens (tertiary/aromatic N) is 2. The zero-order chi connectivity index (χ0) is 13.0. The molecular weight excluding hydrogens is 290 g/mol. The van der Waals surface area contributed by atoms with E-state index in [-0.39, 0.29) is 0 Å². The summed E-state index contributed by atoms with van der Waals surface area (Å²) >= 11 is 3.53. The van der Waals surface area contributed by atoms with Gasteiger partial charge in [0.05, 0.1) is 0 Å². The Labute approximate surface area is 118 Å². The topological polar surface area (TPSA) is 28.2 Å². The molecule has 0 radical (unpaired) electrons. The molecule has 100 valence electrons. The Bertz CT molecular complexity index is 377. The van der Waals surface area contributed by atoms with E-state index in [1.54, 1.807) is 0 Å². The average Bonchev–Trinajstić information content (AvgIpc) is 2.40. The lowest BCUT2D eigenvalue weighted by Crippen LogP contribution is -2.46. The normalized spacial score (nSPS) is 20.6. The van der Waals surface area contributed by atoms with Gasteiger partial charge < -0.3 is 5.32 Å². The van der Waals surface area contributed by atoms with Crippen molar-refractivity contribution in [1.29, 1.82) is 0 Å². The smallest absolute Gasteiger partial charge is 0.0410 e. The molecule has 1 aromatic heterocycles. The first-order valence-corrected chi connectivity index (χ1v) is 7.57. The molecule has 1 aliphatic heterocycles. The van der Waals surface area contributed by atoms with E-state index in [9.17, 15) is 0 Å². The molecule has 3 nitrogen and oxygen atoms in total. The van der Waals surface area contributed by atoms with E-state index in [4.69, 9.17) is 0 Å². The van der Waals surface area contributed by atoms with Crippen molar-refractivity contribution in [2.75, 3.05) is 26.2 Å². The fraction of sp³-hybridized carbons (Fsp3) is 0.643. The Morgan fingerprint density at radius 2 is 2.11 bits per heavy atom. The van der Waals surface area contributed by atoms with Gasteiger partial charge in [-0.2, -0.15) is 0 Å². The monoisotopic (exact) mass is 311 g/mol. The third-order valence-corrected chi connectivity index (χ3v) is 4.23. The molecule has 1 aromatic rings. The van der Waals surface area contributed by atoms with Crippen LogP contribution in [-0.4, -0.2) is 36.1 Å². The van der Waals surface area contributed by atoms with Gasteiger partial charge in [-0.3, -0.25) is 9.88 Å². The number of rotatable bonds is 4.